The van der Waals surface area contributed by atoms with Crippen molar-refractivity contribution in [3.63, 3.8) is 0 Å². The third kappa shape index (κ3) is 4.50. The highest BCUT2D eigenvalue weighted by molar-refractivity contribution is 6.10. The topological polar surface area (TPSA) is 9.86 Å². The lowest BCUT2D eigenvalue weighted by atomic mass is 9.91. The highest BCUT2D eigenvalue weighted by atomic mass is 15.0. The molecule has 2 nitrogen and oxygen atoms in total. The van der Waals surface area contributed by atoms with Crippen molar-refractivity contribution < 1.29 is 0 Å². The van der Waals surface area contributed by atoms with Crippen LogP contribution in [0.25, 0.3) is 88.4 Å². The zero-order valence-electron chi connectivity index (χ0n) is 27.4. The van der Waals surface area contributed by atoms with Gasteiger partial charge in [-0.3, -0.25) is 0 Å². The van der Waals surface area contributed by atoms with E-state index in [4.69, 9.17) is 0 Å². The largest absolute Gasteiger partial charge is 0.309 e. The second-order valence-corrected chi connectivity index (χ2v) is 13.0. The van der Waals surface area contributed by atoms with Crippen LogP contribution in [0.15, 0.2) is 194 Å². The first-order chi connectivity index (χ1) is 24.8. The maximum absolute atomic E-state index is 2.39. The zero-order valence-corrected chi connectivity index (χ0v) is 27.4. The molecule has 0 bridgehead atoms. The molecule has 10 rings (SSSR count). The van der Waals surface area contributed by atoms with Crippen molar-refractivity contribution in [1.29, 1.82) is 0 Å². The summed E-state index contributed by atoms with van der Waals surface area (Å²) in [6, 6.07) is 70.4. The van der Waals surface area contributed by atoms with Crippen molar-refractivity contribution in [1.82, 2.24) is 9.13 Å². The van der Waals surface area contributed by atoms with Crippen molar-refractivity contribution in [3.8, 4) is 44.8 Å². The van der Waals surface area contributed by atoms with Crippen LogP contribution < -0.4 is 0 Å². The van der Waals surface area contributed by atoms with Gasteiger partial charge in [0.1, 0.15) is 0 Å². The van der Waals surface area contributed by atoms with E-state index < -0.39 is 0 Å². The Balaban J connectivity index is 1.13. The van der Waals surface area contributed by atoms with E-state index in [9.17, 15) is 0 Å². The summed E-state index contributed by atoms with van der Waals surface area (Å²) < 4.78 is 4.78. The quantitative estimate of drug-likeness (QED) is 0.178. The van der Waals surface area contributed by atoms with Gasteiger partial charge in [-0.2, -0.15) is 0 Å². The van der Waals surface area contributed by atoms with Crippen LogP contribution in [-0.2, 0) is 0 Å². The van der Waals surface area contributed by atoms with E-state index >= 15 is 0 Å². The summed E-state index contributed by atoms with van der Waals surface area (Å²) in [7, 11) is 0. The van der Waals surface area contributed by atoms with Gasteiger partial charge in [-0.05, 0) is 88.0 Å². The van der Waals surface area contributed by atoms with E-state index in [1.807, 2.05) is 0 Å². The zero-order chi connectivity index (χ0) is 33.0. The summed E-state index contributed by atoms with van der Waals surface area (Å²) >= 11 is 0. The molecule has 0 aliphatic heterocycles. The van der Waals surface area contributed by atoms with Gasteiger partial charge in [0, 0.05) is 32.9 Å². The normalized spacial score (nSPS) is 11.6. The molecule has 8 aromatic carbocycles. The molecular formula is C48H32N2. The molecule has 0 saturated heterocycles. The number of rotatable bonds is 5. The predicted octanol–water partition coefficient (Wildman–Crippen LogP) is 12.9. The van der Waals surface area contributed by atoms with Gasteiger partial charge < -0.3 is 9.13 Å². The number of benzene rings is 8. The second-order valence-electron chi connectivity index (χ2n) is 13.0. The molecule has 0 atom stereocenters. The minimum atomic E-state index is 1.15. The highest BCUT2D eigenvalue weighted by Crippen LogP contribution is 2.39. The minimum absolute atomic E-state index is 1.15. The van der Waals surface area contributed by atoms with E-state index in [1.165, 1.54) is 77.0 Å². The Morgan fingerprint density at radius 1 is 0.240 bits per heavy atom. The molecule has 2 heterocycles. The van der Waals surface area contributed by atoms with Crippen LogP contribution in [0.2, 0.25) is 0 Å². The van der Waals surface area contributed by atoms with E-state index in [0.717, 1.165) is 11.4 Å². The van der Waals surface area contributed by atoms with Gasteiger partial charge in [0.25, 0.3) is 0 Å². The number of hydrogen-bond acceptors (Lipinski definition) is 0. The van der Waals surface area contributed by atoms with E-state index in [0.29, 0.717) is 0 Å². The Morgan fingerprint density at radius 2 is 0.640 bits per heavy atom. The molecule has 0 aliphatic carbocycles. The Kier molecular flexibility index (Phi) is 6.53. The molecule has 234 valence electrons. The summed E-state index contributed by atoms with van der Waals surface area (Å²) in [5.41, 5.74) is 14.4. The van der Waals surface area contributed by atoms with Crippen LogP contribution >= 0.6 is 0 Å². The maximum atomic E-state index is 2.39. The third-order valence-corrected chi connectivity index (χ3v) is 10.1. The first-order valence-electron chi connectivity index (χ1n) is 17.2. The molecule has 0 unspecified atom stereocenters. The molecule has 10 aromatic rings. The minimum Gasteiger partial charge on any atom is -0.309 e. The van der Waals surface area contributed by atoms with Crippen molar-refractivity contribution in [2.75, 3.05) is 0 Å². The van der Waals surface area contributed by atoms with Crippen molar-refractivity contribution in [2.45, 2.75) is 0 Å². The van der Waals surface area contributed by atoms with Crippen LogP contribution in [0.5, 0.6) is 0 Å². The van der Waals surface area contributed by atoms with Crippen LogP contribution in [0.4, 0.5) is 0 Å². The average molecular weight is 637 g/mol. The van der Waals surface area contributed by atoms with Gasteiger partial charge in [0.15, 0.2) is 0 Å². The van der Waals surface area contributed by atoms with Gasteiger partial charge in [0.05, 0.1) is 22.1 Å². The van der Waals surface area contributed by atoms with Gasteiger partial charge in [-0.1, -0.05) is 140 Å². The number of hydrogen-bond donors (Lipinski definition) is 0. The van der Waals surface area contributed by atoms with E-state index in [-0.39, 0.29) is 0 Å². The number of para-hydroxylation sites is 4. The molecule has 0 amide bonds. The standard InChI is InChI=1S/C48H32N2/c1-2-14-33(15-3-1)44-32-35(34-16-12-18-37(30-34)49-45-24-8-4-20-40(45)41-21-5-9-25-46(41)49)28-29-39(44)36-17-13-19-38(31-36)50-47-26-10-6-22-42(47)43-23-7-11-27-48(43)50/h1-32H. The van der Waals surface area contributed by atoms with Crippen LogP contribution in [-0.4, -0.2) is 9.13 Å². The first-order valence-corrected chi connectivity index (χ1v) is 17.2. The van der Waals surface area contributed by atoms with Crippen LogP contribution in [0.1, 0.15) is 0 Å². The predicted molar refractivity (Wildman–Crippen MR) is 211 cm³/mol. The first kappa shape index (κ1) is 28.4. The number of fused-ring (bicyclic) bond motifs is 6. The third-order valence-electron chi connectivity index (χ3n) is 10.1. The molecule has 0 N–H and O–H groups in total. The summed E-state index contributed by atoms with van der Waals surface area (Å²) in [5.74, 6) is 0. The van der Waals surface area contributed by atoms with Gasteiger partial charge in [-0.25, -0.2) is 0 Å². The lowest BCUT2D eigenvalue weighted by molar-refractivity contribution is 1.18. The van der Waals surface area contributed by atoms with Crippen molar-refractivity contribution in [3.05, 3.63) is 194 Å². The number of nitrogens with zero attached hydrogens (tertiary/aromatic N) is 2. The summed E-state index contributed by atoms with van der Waals surface area (Å²) in [6.45, 7) is 0. The van der Waals surface area contributed by atoms with Crippen LogP contribution in [0.3, 0.4) is 0 Å². The SMILES string of the molecule is c1ccc(-c2cc(-c3cccc(-n4c5ccccc5c5ccccc54)c3)ccc2-c2cccc(-n3c4ccccc4c4ccccc43)c2)cc1. The van der Waals surface area contributed by atoms with Gasteiger partial charge in [-0.15, -0.1) is 0 Å². The van der Waals surface area contributed by atoms with Crippen LogP contribution in [0, 0.1) is 0 Å². The highest BCUT2D eigenvalue weighted by Gasteiger charge is 2.16. The fraction of sp³-hybridized carbons (Fsp3) is 0. The molecule has 0 spiro atoms. The Hall–Kier alpha value is -6.64. The average Bonchev–Trinajstić information content (AvgIpc) is 3.71. The maximum Gasteiger partial charge on any atom is 0.0541 e. The lowest BCUT2D eigenvalue weighted by Gasteiger charge is -2.16. The Morgan fingerprint density at radius 3 is 1.16 bits per heavy atom. The Labute approximate surface area is 290 Å². The summed E-state index contributed by atoms with van der Waals surface area (Å²) in [6.07, 6.45) is 0. The molecule has 50 heavy (non-hydrogen) atoms. The van der Waals surface area contributed by atoms with E-state index in [1.54, 1.807) is 0 Å². The number of aromatic nitrogens is 2. The molecule has 2 heteroatoms. The molecular weight excluding hydrogens is 605 g/mol. The fourth-order valence-electron chi connectivity index (χ4n) is 7.87. The monoisotopic (exact) mass is 636 g/mol. The molecule has 0 fully saturated rings. The summed E-state index contributed by atoms with van der Waals surface area (Å²) in [4.78, 5) is 0. The lowest BCUT2D eigenvalue weighted by Crippen LogP contribution is -1.95. The smallest absolute Gasteiger partial charge is 0.0541 e. The molecule has 2 aromatic heterocycles. The molecule has 0 saturated carbocycles. The van der Waals surface area contributed by atoms with Gasteiger partial charge in [0.2, 0.25) is 0 Å². The summed E-state index contributed by atoms with van der Waals surface area (Å²) in [5, 5.41) is 5.08. The van der Waals surface area contributed by atoms with Crippen molar-refractivity contribution in [2.24, 2.45) is 0 Å². The van der Waals surface area contributed by atoms with Gasteiger partial charge >= 0.3 is 0 Å². The molecule has 0 radical (unpaired) electrons. The second kappa shape index (κ2) is 11.5. The fourth-order valence-corrected chi connectivity index (χ4v) is 7.87. The van der Waals surface area contributed by atoms with Crippen molar-refractivity contribution >= 4 is 43.6 Å². The van der Waals surface area contributed by atoms with E-state index in [2.05, 4.69) is 203 Å². The Bertz CT molecular complexity index is 2760. The molecule has 0 aliphatic rings.